The highest BCUT2D eigenvalue weighted by Crippen LogP contribution is 2.34. The van der Waals surface area contributed by atoms with Crippen molar-refractivity contribution in [1.29, 1.82) is 0 Å². The predicted molar refractivity (Wildman–Crippen MR) is 64.8 cm³/mol. The first kappa shape index (κ1) is 10.6. The first-order valence-corrected chi connectivity index (χ1v) is 6.23. The Morgan fingerprint density at radius 1 is 1.41 bits per heavy atom. The lowest BCUT2D eigenvalue weighted by Gasteiger charge is -2.30. The highest BCUT2D eigenvalue weighted by Gasteiger charge is 2.35. The summed E-state index contributed by atoms with van der Waals surface area (Å²) in [5.74, 6) is 1.56. The summed E-state index contributed by atoms with van der Waals surface area (Å²) in [4.78, 5) is 14.0. The normalized spacial score (nSPS) is 18.8. The third-order valence-corrected chi connectivity index (χ3v) is 3.69. The lowest BCUT2D eigenvalue weighted by atomic mass is 9.98. The minimum absolute atomic E-state index is 0.311. The molecule has 17 heavy (non-hydrogen) atoms. The van der Waals surface area contributed by atoms with E-state index in [4.69, 9.17) is 4.74 Å². The number of amides is 1. The zero-order chi connectivity index (χ0) is 11.8. The smallest absolute Gasteiger partial charge is 0.225 e. The highest BCUT2D eigenvalue weighted by atomic mass is 16.5. The molecule has 3 rings (SSSR count). The fourth-order valence-electron chi connectivity index (χ4n) is 2.52. The molecule has 3 heteroatoms. The van der Waals surface area contributed by atoms with Gasteiger partial charge in [0.1, 0.15) is 5.75 Å². The van der Waals surface area contributed by atoms with Crippen LogP contribution in [0.1, 0.15) is 24.0 Å². The van der Waals surface area contributed by atoms with Crippen LogP contribution in [0.4, 0.5) is 0 Å². The molecule has 0 unspecified atom stereocenters. The van der Waals surface area contributed by atoms with E-state index in [2.05, 4.69) is 6.07 Å². The molecule has 1 heterocycles. The average molecular weight is 231 g/mol. The molecular formula is C14H17NO2. The van der Waals surface area contributed by atoms with E-state index in [1.54, 1.807) is 7.11 Å². The molecule has 1 saturated carbocycles. The summed E-state index contributed by atoms with van der Waals surface area (Å²) in [6.45, 7) is 1.57. The molecule has 0 aromatic heterocycles. The highest BCUT2D eigenvalue weighted by molar-refractivity contribution is 5.81. The fourth-order valence-corrected chi connectivity index (χ4v) is 2.52. The minimum atomic E-state index is 0.311. The van der Waals surface area contributed by atoms with Gasteiger partial charge in [0.2, 0.25) is 5.91 Å². The van der Waals surface area contributed by atoms with E-state index in [9.17, 15) is 4.79 Å². The number of rotatable bonds is 2. The predicted octanol–water partition coefficient (Wildman–Crippen LogP) is 1.99. The summed E-state index contributed by atoms with van der Waals surface area (Å²) in [6.07, 6.45) is 3.10. The number of ether oxygens (including phenoxy) is 1. The largest absolute Gasteiger partial charge is 0.496 e. The number of fused-ring (bicyclic) bond motifs is 1. The van der Waals surface area contributed by atoms with Gasteiger partial charge in [0.05, 0.1) is 7.11 Å². The molecule has 0 spiro atoms. The summed E-state index contributed by atoms with van der Waals surface area (Å²) in [5, 5.41) is 0. The van der Waals surface area contributed by atoms with Crippen LogP contribution in [0, 0.1) is 5.92 Å². The maximum absolute atomic E-state index is 12.1. The summed E-state index contributed by atoms with van der Waals surface area (Å²) >= 11 is 0. The Morgan fingerprint density at radius 2 is 2.24 bits per heavy atom. The van der Waals surface area contributed by atoms with E-state index >= 15 is 0 Å². The number of hydrogen-bond acceptors (Lipinski definition) is 2. The number of methoxy groups -OCH3 is 1. The molecule has 3 nitrogen and oxygen atoms in total. The Balaban J connectivity index is 1.85. The van der Waals surface area contributed by atoms with E-state index in [1.807, 2.05) is 17.0 Å². The molecule has 0 N–H and O–H groups in total. The Labute approximate surface area is 101 Å². The van der Waals surface area contributed by atoms with E-state index in [-0.39, 0.29) is 0 Å². The third-order valence-electron chi connectivity index (χ3n) is 3.69. The lowest BCUT2D eigenvalue weighted by Crippen LogP contribution is -2.37. The van der Waals surface area contributed by atoms with Crippen molar-refractivity contribution >= 4 is 5.91 Å². The molecule has 0 bridgehead atoms. The molecule has 90 valence electrons. The zero-order valence-electron chi connectivity index (χ0n) is 10.1. The van der Waals surface area contributed by atoms with Crippen LogP contribution < -0.4 is 4.74 Å². The maximum atomic E-state index is 12.1. The van der Waals surface area contributed by atoms with Gasteiger partial charge in [-0.15, -0.1) is 0 Å². The van der Waals surface area contributed by atoms with Gasteiger partial charge >= 0.3 is 0 Å². The number of benzene rings is 1. The first-order valence-electron chi connectivity index (χ1n) is 6.23. The van der Waals surface area contributed by atoms with Gasteiger partial charge in [-0.2, -0.15) is 0 Å². The van der Waals surface area contributed by atoms with Crippen molar-refractivity contribution < 1.29 is 9.53 Å². The SMILES string of the molecule is COc1cccc2c1CN(C(=O)C1CC1)CC2. The van der Waals surface area contributed by atoms with Gasteiger partial charge in [-0.05, 0) is 30.9 Å². The van der Waals surface area contributed by atoms with Crippen molar-refractivity contribution in [2.45, 2.75) is 25.8 Å². The third kappa shape index (κ3) is 1.90. The summed E-state index contributed by atoms with van der Waals surface area (Å²) in [6, 6.07) is 6.14. The number of carbonyl (C=O) groups is 1. The van der Waals surface area contributed by atoms with Crippen molar-refractivity contribution in [2.24, 2.45) is 5.92 Å². The van der Waals surface area contributed by atoms with Crippen LogP contribution in [0.15, 0.2) is 18.2 Å². The molecule has 1 aliphatic heterocycles. The Hall–Kier alpha value is -1.51. The van der Waals surface area contributed by atoms with E-state index in [0.717, 1.165) is 31.6 Å². The monoisotopic (exact) mass is 231 g/mol. The van der Waals surface area contributed by atoms with E-state index in [1.165, 1.54) is 11.1 Å². The topological polar surface area (TPSA) is 29.5 Å². The first-order chi connectivity index (χ1) is 8.29. The van der Waals surface area contributed by atoms with Crippen LogP contribution in [-0.4, -0.2) is 24.5 Å². The quantitative estimate of drug-likeness (QED) is 0.779. The Morgan fingerprint density at radius 3 is 2.94 bits per heavy atom. The lowest BCUT2D eigenvalue weighted by molar-refractivity contribution is -0.133. The molecule has 0 radical (unpaired) electrons. The Kier molecular flexibility index (Phi) is 2.54. The van der Waals surface area contributed by atoms with Crippen molar-refractivity contribution in [3.05, 3.63) is 29.3 Å². The number of hydrogen-bond donors (Lipinski definition) is 0. The Bertz CT molecular complexity index is 437. The second-order valence-electron chi connectivity index (χ2n) is 4.88. The van der Waals surface area contributed by atoms with Gasteiger partial charge in [0, 0.05) is 24.6 Å². The molecule has 0 atom stereocenters. The van der Waals surface area contributed by atoms with E-state index in [0.29, 0.717) is 18.4 Å². The van der Waals surface area contributed by atoms with Crippen LogP contribution >= 0.6 is 0 Å². The summed E-state index contributed by atoms with van der Waals surface area (Å²) in [5.41, 5.74) is 2.51. The van der Waals surface area contributed by atoms with Crippen LogP contribution in [0.25, 0.3) is 0 Å². The molecule has 1 amide bonds. The fraction of sp³-hybridized carbons (Fsp3) is 0.500. The number of carbonyl (C=O) groups excluding carboxylic acids is 1. The summed E-state index contributed by atoms with van der Waals surface area (Å²) in [7, 11) is 1.69. The van der Waals surface area contributed by atoms with Crippen molar-refractivity contribution in [3.8, 4) is 5.75 Å². The second-order valence-corrected chi connectivity index (χ2v) is 4.88. The van der Waals surface area contributed by atoms with Gasteiger partial charge in [-0.1, -0.05) is 12.1 Å². The second kappa shape index (κ2) is 4.06. The van der Waals surface area contributed by atoms with Crippen LogP contribution in [0.2, 0.25) is 0 Å². The molecule has 1 aliphatic carbocycles. The molecule has 2 aliphatic rings. The van der Waals surface area contributed by atoms with Crippen molar-refractivity contribution in [1.82, 2.24) is 4.90 Å². The minimum Gasteiger partial charge on any atom is -0.496 e. The molecule has 1 fully saturated rings. The van der Waals surface area contributed by atoms with Crippen molar-refractivity contribution in [2.75, 3.05) is 13.7 Å². The molecule has 1 aromatic carbocycles. The van der Waals surface area contributed by atoms with Crippen LogP contribution in [-0.2, 0) is 17.8 Å². The summed E-state index contributed by atoms with van der Waals surface area (Å²) < 4.78 is 5.38. The van der Waals surface area contributed by atoms with Gasteiger partial charge < -0.3 is 9.64 Å². The maximum Gasteiger partial charge on any atom is 0.225 e. The standard InChI is InChI=1S/C14H17NO2/c1-17-13-4-2-3-10-7-8-15(9-12(10)13)14(16)11-5-6-11/h2-4,11H,5-9H2,1H3. The molecular weight excluding hydrogens is 214 g/mol. The molecule has 1 aromatic rings. The number of nitrogens with zero attached hydrogens (tertiary/aromatic N) is 1. The van der Waals surface area contributed by atoms with Gasteiger partial charge in [0.25, 0.3) is 0 Å². The zero-order valence-corrected chi connectivity index (χ0v) is 10.1. The van der Waals surface area contributed by atoms with Gasteiger partial charge in [-0.3, -0.25) is 4.79 Å². The van der Waals surface area contributed by atoms with Crippen LogP contribution in [0.3, 0.4) is 0 Å². The van der Waals surface area contributed by atoms with Gasteiger partial charge in [-0.25, -0.2) is 0 Å². The molecule has 0 saturated heterocycles. The average Bonchev–Trinajstić information content (AvgIpc) is 3.20. The van der Waals surface area contributed by atoms with Crippen molar-refractivity contribution in [3.63, 3.8) is 0 Å². The van der Waals surface area contributed by atoms with Gasteiger partial charge in [0.15, 0.2) is 0 Å². The van der Waals surface area contributed by atoms with E-state index < -0.39 is 0 Å². The van der Waals surface area contributed by atoms with Crippen LogP contribution in [0.5, 0.6) is 5.75 Å².